The molecule has 0 bridgehead atoms. The van der Waals surface area contributed by atoms with Crippen molar-refractivity contribution in [2.24, 2.45) is 0 Å². The Morgan fingerprint density at radius 2 is 2.08 bits per heavy atom. The van der Waals surface area contributed by atoms with Gasteiger partial charge in [-0.05, 0) is 61.2 Å². The molecule has 0 aliphatic rings. The molecule has 2 rings (SSSR count). The number of amides is 1. The van der Waals surface area contributed by atoms with Crippen LogP contribution in [0.3, 0.4) is 0 Å². The van der Waals surface area contributed by atoms with Crippen molar-refractivity contribution >= 4 is 5.91 Å². The third-order valence-corrected chi connectivity index (χ3v) is 3.76. The standard InChI is InChI=1S/C19H22FNO3/c1-13-10-17(20)7-6-16(13)8-9-21-19(23)14(2)24-18-5-3-4-15(11-18)12-22/h3-7,10-11,14,22H,8-9,12H2,1-2H3,(H,21,23). The smallest absolute Gasteiger partial charge is 0.260 e. The summed E-state index contributed by atoms with van der Waals surface area (Å²) >= 11 is 0. The minimum atomic E-state index is -0.645. The molecule has 0 saturated heterocycles. The number of benzene rings is 2. The van der Waals surface area contributed by atoms with Crippen LogP contribution in [0.1, 0.15) is 23.6 Å². The summed E-state index contributed by atoms with van der Waals surface area (Å²) in [6, 6.07) is 11.6. The first-order valence-electron chi connectivity index (χ1n) is 7.89. The van der Waals surface area contributed by atoms with E-state index < -0.39 is 6.10 Å². The van der Waals surface area contributed by atoms with Gasteiger partial charge in [-0.1, -0.05) is 18.2 Å². The van der Waals surface area contributed by atoms with Crippen molar-refractivity contribution in [2.45, 2.75) is 33.0 Å². The maximum absolute atomic E-state index is 13.1. The van der Waals surface area contributed by atoms with Gasteiger partial charge in [0.1, 0.15) is 11.6 Å². The third-order valence-electron chi connectivity index (χ3n) is 3.76. The lowest BCUT2D eigenvalue weighted by atomic mass is 10.1. The Morgan fingerprint density at radius 3 is 2.79 bits per heavy atom. The summed E-state index contributed by atoms with van der Waals surface area (Å²) in [7, 11) is 0. The van der Waals surface area contributed by atoms with Crippen molar-refractivity contribution in [3.05, 3.63) is 65.0 Å². The fourth-order valence-electron chi connectivity index (χ4n) is 2.38. The summed E-state index contributed by atoms with van der Waals surface area (Å²) in [5.74, 6) is 0.0650. The van der Waals surface area contributed by atoms with Crippen LogP contribution >= 0.6 is 0 Å². The molecule has 0 heterocycles. The predicted molar refractivity (Wildman–Crippen MR) is 90.3 cm³/mol. The lowest BCUT2D eigenvalue weighted by Crippen LogP contribution is -2.37. The molecule has 0 fully saturated rings. The highest BCUT2D eigenvalue weighted by molar-refractivity contribution is 5.80. The van der Waals surface area contributed by atoms with Crippen LogP contribution in [0.25, 0.3) is 0 Å². The number of aliphatic hydroxyl groups is 1. The summed E-state index contributed by atoms with van der Waals surface area (Å²) < 4.78 is 18.7. The maximum Gasteiger partial charge on any atom is 0.260 e. The van der Waals surface area contributed by atoms with E-state index in [9.17, 15) is 9.18 Å². The highest BCUT2D eigenvalue weighted by atomic mass is 19.1. The number of carbonyl (C=O) groups is 1. The molecule has 4 nitrogen and oxygen atoms in total. The highest BCUT2D eigenvalue weighted by Crippen LogP contribution is 2.15. The first kappa shape index (κ1) is 17.9. The van der Waals surface area contributed by atoms with Crippen LogP contribution in [0.4, 0.5) is 4.39 Å². The zero-order chi connectivity index (χ0) is 17.5. The Kier molecular flexibility index (Phi) is 6.32. The van der Waals surface area contributed by atoms with Crippen LogP contribution in [0.2, 0.25) is 0 Å². The van der Waals surface area contributed by atoms with Crippen molar-refractivity contribution in [3.63, 3.8) is 0 Å². The van der Waals surface area contributed by atoms with Gasteiger partial charge in [-0.2, -0.15) is 0 Å². The van der Waals surface area contributed by atoms with Gasteiger partial charge in [0.25, 0.3) is 5.91 Å². The van der Waals surface area contributed by atoms with Crippen molar-refractivity contribution in [1.29, 1.82) is 0 Å². The second-order valence-electron chi connectivity index (χ2n) is 5.68. The molecule has 128 valence electrons. The second kappa shape index (κ2) is 8.45. The maximum atomic E-state index is 13.1. The molecular weight excluding hydrogens is 309 g/mol. The molecule has 2 N–H and O–H groups in total. The van der Waals surface area contributed by atoms with E-state index in [2.05, 4.69) is 5.32 Å². The molecule has 1 atom stereocenters. The molecule has 0 saturated carbocycles. The van der Waals surface area contributed by atoms with Crippen LogP contribution in [-0.4, -0.2) is 23.7 Å². The van der Waals surface area contributed by atoms with Crippen molar-refractivity contribution in [2.75, 3.05) is 6.54 Å². The van der Waals surface area contributed by atoms with Crippen LogP contribution < -0.4 is 10.1 Å². The molecule has 0 aliphatic heterocycles. The van der Waals surface area contributed by atoms with Gasteiger partial charge in [0.2, 0.25) is 0 Å². The fourth-order valence-corrected chi connectivity index (χ4v) is 2.38. The van der Waals surface area contributed by atoms with Gasteiger partial charge in [-0.15, -0.1) is 0 Å². The summed E-state index contributed by atoms with van der Waals surface area (Å²) in [5, 5.41) is 11.9. The van der Waals surface area contributed by atoms with E-state index in [0.29, 0.717) is 18.7 Å². The molecular formula is C19H22FNO3. The van der Waals surface area contributed by atoms with Crippen LogP contribution in [0.15, 0.2) is 42.5 Å². The molecule has 5 heteroatoms. The number of carbonyl (C=O) groups excluding carboxylic acids is 1. The van der Waals surface area contributed by atoms with E-state index in [1.54, 1.807) is 37.3 Å². The topological polar surface area (TPSA) is 58.6 Å². The van der Waals surface area contributed by atoms with E-state index >= 15 is 0 Å². The molecule has 0 radical (unpaired) electrons. The predicted octanol–water partition coefficient (Wildman–Crippen LogP) is 2.75. The van der Waals surface area contributed by atoms with Gasteiger partial charge in [-0.25, -0.2) is 4.39 Å². The van der Waals surface area contributed by atoms with E-state index in [0.717, 1.165) is 16.7 Å². The number of hydrogen-bond acceptors (Lipinski definition) is 3. The molecule has 2 aromatic carbocycles. The van der Waals surface area contributed by atoms with Gasteiger partial charge in [0.05, 0.1) is 6.61 Å². The van der Waals surface area contributed by atoms with Gasteiger partial charge in [-0.3, -0.25) is 4.79 Å². The zero-order valence-electron chi connectivity index (χ0n) is 13.9. The summed E-state index contributed by atoms with van der Waals surface area (Å²) in [4.78, 5) is 12.1. The molecule has 24 heavy (non-hydrogen) atoms. The summed E-state index contributed by atoms with van der Waals surface area (Å²) in [6.07, 6.45) is -0.0156. The average Bonchev–Trinajstić information content (AvgIpc) is 2.56. The first-order valence-corrected chi connectivity index (χ1v) is 7.89. The minimum Gasteiger partial charge on any atom is -0.481 e. The minimum absolute atomic E-state index is 0.0746. The van der Waals surface area contributed by atoms with Crippen molar-refractivity contribution in [1.82, 2.24) is 5.32 Å². The zero-order valence-corrected chi connectivity index (χ0v) is 13.9. The number of aryl methyl sites for hydroxylation is 1. The van der Waals surface area contributed by atoms with E-state index in [1.807, 2.05) is 6.92 Å². The molecule has 0 aliphatic carbocycles. The summed E-state index contributed by atoms with van der Waals surface area (Å²) in [5.41, 5.74) is 2.60. The SMILES string of the molecule is Cc1cc(F)ccc1CCNC(=O)C(C)Oc1cccc(CO)c1. The normalized spacial score (nSPS) is 11.8. The number of hydrogen-bond donors (Lipinski definition) is 2. The Hall–Kier alpha value is -2.40. The van der Waals surface area contributed by atoms with Crippen LogP contribution in [0.5, 0.6) is 5.75 Å². The lowest BCUT2D eigenvalue weighted by molar-refractivity contribution is -0.127. The van der Waals surface area contributed by atoms with Gasteiger partial charge < -0.3 is 15.2 Å². The number of ether oxygens (including phenoxy) is 1. The average molecular weight is 331 g/mol. The number of halogens is 1. The second-order valence-corrected chi connectivity index (χ2v) is 5.68. The lowest BCUT2D eigenvalue weighted by Gasteiger charge is -2.15. The largest absolute Gasteiger partial charge is 0.481 e. The Bertz CT molecular complexity index is 703. The molecule has 1 unspecified atom stereocenters. The molecule has 0 aromatic heterocycles. The number of nitrogens with one attached hydrogen (secondary N) is 1. The first-order chi connectivity index (χ1) is 11.5. The highest BCUT2D eigenvalue weighted by Gasteiger charge is 2.14. The third kappa shape index (κ3) is 5.06. The Labute approximate surface area is 141 Å². The number of rotatable bonds is 7. The van der Waals surface area contributed by atoms with Gasteiger partial charge in [0, 0.05) is 6.54 Å². The van der Waals surface area contributed by atoms with Gasteiger partial charge >= 0.3 is 0 Å². The van der Waals surface area contributed by atoms with Crippen molar-refractivity contribution in [3.8, 4) is 5.75 Å². The number of aliphatic hydroxyl groups excluding tert-OH is 1. The van der Waals surface area contributed by atoms with Crippen molar-refractivity contribution < 1.29 is 19.0 Å². The van der Waals surface area contributed by atoms with Gasteiger partial charge in [0.15, 0.2) is 6.10 Å². The Balaban J connectivity index is 1.83. The fraction of sp³-hybridized carbons (Fsp3) is 0.316. The van der Waals surface area contributed by atoms with E-state index in [-0.39, 0.29) is 18.3 Å². The molecule has 1 amide bonds. The van der Waals surface area contributed by atoms with E-state index in [1.165, 1.54) is 12.1 Å². The summed E-state index contributed by atoms with van der Waals surface area (Å²) in [6.45, 7) is 3.90. The van der Waals surface area contributed by atoms with E-state index in [4.69, 9.17) is 9.84 Å². The quantitative estimate of drug-likeness (QED) is 0.820. The van der Waals surface area contributed by atoms with Crippen LogP contribution in [-0.2, 0) is 17.8 Å². The molecule has 2 aromatic rings. The Morgan fingerprint density at radius 1 is 1.29 bits per heavy atom. The monoisotopic (exact) mass is 331 g/mol. The van der Waals surface area contributed by atoms with Crippen LogP contribution in [0, 0.1) is 12.7 Å². The molecule has 0 spiro atoms.